The molecule has 5 rings (SSSR count). The number of fused-ring (bicyclic) bond motifs is 1. The molecule has 1 saturated carbocycles. The third-order valence-corrected chi connectivity index (χ3v) is 8.49. The lowest BCUT2D eigenvalue weighted by Crippen LogP contribution is -2.38. The normalized spacial score (nSPS) is 16.8. The molecule has 1 aliphatic rings. The SMILES string of the molecule is Cc1ccc(S(=O)(=O)NC2CCC(O)CC2)cc1-c1cnc2c(N)cc(-c3cnn(C)c3)cn12.O=C(O)C(F)(F)F.O=C(O)C(F)(F)F. The first-order valence-electron chi connectivity index (χ1n) is 13.8. The molecule has 6 N–H and O–H groups in total. The zero-order valence-corrected chi connectivity index (χ0v) is 25.9. The third kappa shape index (κ3) is 9.67. The number of pyridine rings is 1. The molecule has 0 aliphatic heterocycles. The number of benzene rings is 1. The van der Waals surface area contributed by atoms with Crippen LogP contribution < -0.4 is 10.5 Å². The molecule has 1 aromatic carbocycles. The monoisotopic (exact) mass is 708 g/mol. The van der Waals surface area contributed by atoms with Gasteiger partial charge in [-0.1, -0.05) is 6.07 Å². The minimum Gasteiger partial charge on any atom is -0.475 e. The number of nitrogen functional groups attached to an aromatic ring is 1. The van der Waals surface area contributed by atoms with Gasteiger partial charge in [0.2, 0.25) is 10.0 Å². The summed E-state index contributed by atoms with van der Waals surface area (Å²) in [7, 11) is -1.86. The predicted octanol–water partition coefficient (Wildman–Crippen LogP) is 4.14. The first-order chi connectivity index (χ1) is 22.1. The van der Waals surface area contributed by atoms with E-state index in [0.717, 1.165) is 27.9 Å². The van der Waals surface area contributed by atoms with Gasteiger partial charge in [0.15, 0.2) is 5.65 Å². The Hall–Kier alpha value is -4.69. The van der Waals surface area contributed by atoms with E-state index in [9.17, 15) is 39.9 Å². The van der Waals surface area contributed by atoms with Gasteiger partial charge in [0.05, 0.1) is 34.8 Å². The van der Waals surface area contributed by atoms with E-state index in [1.165, 1.54) is 0 Å². The summed E-state index contributed by atoms with van der Waals surface area (Å²) in [4.78, 5) is 22.5. The van der Waals surface area contributed by atoms with E-state index < -0.39 is 34.3 Å². The van der Waals surface area contributed by atoms with Crippen LogP contribution in [0.5, 0.6) is 0 Å². The molecule has 0 amide bonds. The first-order valence-corrected chi connectivity index (χ1v) is 15.3. The summed E-state index contributed by atoms with van der Waals surface area (Å²) >= 11 is 0. The van der Waals surface area contributed by atoms with Gasteiger partial charge < -0.3 is 21.1 Å². The maximum absolute atomic E-state index is 13.1. The molecule has 0 atom stereocenters. The molecule has 1 aliphatic carbocycles. The molecule has 4 aromatic rings. The van der Waals surface area contributed by atoms with Gasteiger partial charge in [-0.25, -0.2) is 27.7 Å². The number of aliphatic hydroxyl groups is 1. The molecule has 0 saturated heterocycles. The fourth-order valence-corrected chi connectivity index (χ4v) is 5.90. The quantitative estimate of drug-likeness (QED) is 0.188. The second kappa shape index (κ2) is 14.6. The summed E-state index contributed by atoms with van der Waals surface area (Å²) in [5.41, 5.74) is 11.7. The van der Waals surface area contributed by atoms with Crippen LogP contribution >= 0.6 is 0 Å². The Morgan fingerprint density at radius 2 is 1.50 bits per heavy atom. The van der Waals surface area contributed by atoms with Gasteiger partial charge in [0, 0.05) is 42.2 Å². The van der Waals surface area contributed by atoms with Crippen LogP contribution in [0.3, 0.4) is 0 Å². The van der Waals surface area contributed by atoms with Crippen molar-refractivity contribution in [3.63, 3.8) is 0 Å². The number of nitrogens with one attached hydrogen (secondary N) is 1. The van der Waals surface area contributed by atoms with Crippen molar-refractivity contribution in [1.82, 2.24) is 23.9 Å². The number of aromatic nitrogens is 4. The van der Waals surface area contributed by atoms with E-state index in [-0.39, 0.29) is 17.0 Å². The Bertz CT molecular complexity index is 1860. The molecule has 3 heterocycles. The molecule has 48 heavy (non-hydrogen) atoms. The van der Waals surface area contributed by atoms with E-state index >= 15 is 0 Å². The van der Waals surface area contributed by atoms with Crippen LogP contribution in [0.4, 0.5) is 32.0 Å². The lowest BCUT2D eigenvalue weighted by molar-refractivity contribution is -0.193. The number of aliphatic hydroxyl groups excluding tert-OH is 1. The number of nitrogens with two attached hydrogens (primary N) is 1. The van der Waals surface area contributed by atoms with E-state index in [2.05, 4.69) is 14.8 Å². The number of carboxylic acid groups (broad SMARTS) is 2. The highest BCUT2D eigenvalue weighted by molar-refractivity contribution is 7.89. The van der Waals surface area contributed by atoms with Gasteiger partial charge in [-0.3, -0.25) is 9.08 Å². The first kappa shape index (κ1) is 37.8. The molecule has 0 unspecified atom stereocenters. The van der Waals surface area contributed by atoms with Crippen LogP contribution in [-0.4, -0.2) is 79.3 Å². The number of hydrogen-bond acceptors (Lipinski definition) is 8. The van der Waals surface area contributed by atoms with Crippen LogP contribution in [0.2, 0.25) is 0 Å². The van der Waals surface area contributed by atoms with Crippen molar-refractivity contribution >= 4 is 33.3 Å². The zero-order valence-electron chi connectivity index (χ0n) is 25.1. The topological polar surface area (TPSA) is 202 Å². The minimum atomic E-state index is -5.08. The second-order valence-corrected chi connectivity index (χ2v) is 12.3. The van der Waals surface area contributed by atoms with Gasteiger partial charge in [-0.15, -0.1) is 0 Å². The number of sulfonamides is 1. The maximum Gasteiger partial charge on any atom is 0.490 e. The molecule has 1 fully saturated rings. The summed E-state index contributed by atoms with van der Waals surface area (Å²) in [6.07, 6.45) is -0.706. The summed E-state index contributed by atoms with van der Waals surface area (Å²) in [5, 5.41) is 28.2. The second-order valence-electron chi connectivity index (χ2n) is 10.6. The number of imidazole rings is 1. The summed E-state index contributed by atoms with van der Waals surface area (Å²) < 4.78 is 96.2. The number of hydrogen-bond donors (Lipinski definition) is 5. The van der Waals surface area contributed by atoms with Crippen LogP contribution in [0.1, 0.15) is 31.2 Å². The van der Waals surface area contributed by atoms with E-state index in [1.54, 1.807) is 29.2 Å². The molecule has 20 heteroatoms. The standard InChI is InChI=1S/C24H28N6O3S.2C2HF3O2/c1-15-3-8-20(34(32,33)28-18-4-6-19(31)7-5-18)10-21(15)23-12-26-24-22(25)9-16(14-30(23)24)17-11-27-29(2)13-17;2*3-2(4,5)1(6)7/h3,8-14,18-19,28,31H,4-7,25H2,1-2H3;2*(H,6,7). The van der Waals surface area contributed by atoms with Crippen molar-refractivity contribution in [3.05, 3.63) is 54.6 Å². The molecule has 13 nitrogen and oxygen atoms in total. The number of aryl methyl sites for hydroxylation is 2. The van der Waals surface area contributed by atoms with E-state index in [1.807, 2.05) is 42.9 Å². The lowest BCUT2D eigenvalue weighted by Gasteiger charge is -2.26. The van der Waals surface area contributed by atoms with Crippen molar-refractivity contribution in [2.75, 3.05) is 5.73 Å². The number of carboxylic acids is 2. The highest BCUT2D eigenvalue weighted by Crippen LogP contribution is 2.32. The van der Waals surface area contributed by atoms with Crippen molar-refractivity contribution < 1.29 is 59.7 Å². The average molecular weight is 709 g/mol. The molecular formula is C28H30F6N6O7S. The Labute approximate surface area is 268 Å². The maximum atomic E-state index is 13.1. The fraction of sp³-hybridized carbons (Fsp3) is 0.357. The molecule has 0 spiro atoms. The van der Waals surface area contributed by atoms with Gasteiger partial charge in [-0.05, 0) is 56.4 Å². The number of anilines is 1. The number of halogens is 6. The third-order valence-electron chi connectivity index (χ3n) is 6.97. The molecular weight excluding hydrogens is 678 g/mol. The van der Waals surface area contributed by atoms with Crippen molar-refractivity contribution in [1.29, 1.82) is 0 Å². The lowest BCUT2D eigenvalue weighted by atomic mass is 9.94. The summed E-state index contributed by atoms with van der Waals surface area (Å²) in [5.74, 6) is -5.51. The van der Waals surface area contributed by atoms with Crippen LogP contribution in [0.15, 0.2) is 53.9 Å². The number of carbonyl (C=O) groups is 2. The van der Waals surface area contributed by atoms with Gasteiger partial charge in [0.1, 0.15) is 0 Å². The summed E-state index contributed by atoms with van der Waals surface area (Å²) in [6.45, 7) is 1.94. The fourth-order valence-electron chi connectivity index (χ4n) is 4.57. The average Bonchev–Trinajstić information content (AvgIpc) is 3.60. The Balaban J connectivity index is 0.000000376. The van der Waals surface area contributed by atoms with Crippen molar-refractivity contribution in [2.24, 2.45) is 7.05 Å². The molecule has 3 aromatic heterocycles. The van der Waals surface area contributed by atoms with Crippen LogP contribution in [0, 0.1) is 6.92 Å². The summed E-state index contributed by atoms with van der Waals surface area (Å²) in [6, 6.07) is 6.81. The van der Waals surface area contributed by atoms with Crippen LogP contribution in [0.25, 0.3) is 28.0 Å². The molecule has 0 bridgehead atoms. The van der Waals surface area contributed by atoms with Gasteiger partial charge >= 0.3 is 24.3 Å². The predicted molar refractivity (Wildman–Crippen MR) is 158 cm³/mol. The van der Waals surface area contributed by atoms with Crippen molar-refractivity contribution in [2.45, 2.75) is 62.0 Å². The number of nitrogens with zero attached hydrogens (tertiary/aromatic N) is 4. The molecule has 262 valence electrons. The van der Waals surface area contributed by atoms with Crippen molar-refractivity contribution in [3.8, 4) is 22.4 Å². The van der Waals surface area contributed by atoms with Crippen LogP contribution in [-0.2, 0) is 26.7 Å². The highest BCUT2D eigenvalue weighted by Gasteiger charge is 2.39. The highest BCUT2D eigenvalue weighted by atomic mass is 32.2. The molecule has 0 radical (unpaired) electrons. The number of alkyl halides is 6. The number of aliphatic carboxylic acids is 2. The van der Waals surface area contributed by atoms with E-state index in [0.29, 0.717) is 37.0 Å². The smallest absolute Gasteiger partial charge is 0.475 e. The zero-order chi connectivity index (χ0) is 36.2. The number of rotatable bonds is 5. The van der Waals surface area contributed by atoms with Gasteiger partial charge in [-0.2, -0.15) is 31.4 Å². The van der Waals surface area contributed by atoms with Gasteiger partial charge in [0.25, 0.3) is 0 Å². The largest absolute Gasteiger partial charge is 0.490 e. The Morgan fingerprint density at radius 1 is 0.938 bits per heavy atom. The Morgan fingerprint density at radius 3 is 2.00 bits per heavy atom. The minimum absolute atomic E-state index is 0.171. The van der Waals surface area contributed by atoms with E-state index in [4.69, 9.17) is 25.5 Å². The Kier molecular flexibility index (Phi) is 11.5.